The molecule has 4 aromatic carbocycles. The van der Waals surface area contributed by atoms with Gasteiger partial charge in [0.05, 0.1) is 7.11 Å². The van der Waals surface area contributed by atoms with Crippen LogP contribution in [0.5, 0.6) is 0 Å². The first-order valence-corrected chi connectivity index (χ1v) is 30.5. The molecule has 486 valence electrons. The minimum atomic E-state index is -1.55. The fraction of sp³-hybridized carbons (Fsp3) is 0.493. The Morgan fingerprint density at radius 2 is 1.28 bits per heavy atom. The third-order valence-corrected chi connectivity index (χ3v) is 14.9. The first-order chi connectivity index (χ1) is 42.6. The van der Waals surface area contributed by atoms with Crippen LogP contribution in [0.15, 0.2) is 91.0 Å². The Morgan fingerprint density at radius 1 is 0.656 bits per heavy atom. The number of imide groups is 1. The molecular weight excluding hydrogens is 1160 g/mol. The Morgan fingerprint density at radius 3 is 1.89 bits per heavy atom. The predicted molar refractivity (Wildman–Crippen MR) is 338 cm³/mol. The van der Waals surface area contributed by atoms with Crippen LogP contribution >= 0.6 is 0 Å². The summed E-state index contributed by atoms with van der Waals surface area (Å²) in [4.78, 5) is 142. The van der Waals surface area contributed by atoms with Gasteiger partial charge in [0, 0.05) is 92.7 Å². The van der Waals surface area contributed by atoms with Crippen LogP contribution in [0.25, 0.3) is 21.9 Å². The first kappa shape index (κ1) is 70.1. The van der Waals surface area contributed by atoms with Crippen molar-refractivity contribution in [2.45, 2.75) is 154 Å². The number of methoxy groups -OCH3 is 1. The fourth-order valence-electron chi connectivity index (χ4n) is 10.6. The first-order valence-electron chi connectivity index (χ1n) is 30.5. The normalized spacial score (nSPS) is 13.9. The van der Waals surface area contributed by atoms with Crippen LogP contribution in [-0.2, 0) is 47.7 Å². The molecular formula is C67H88N8O15. The van der Waals surface area contributed by atoms with Gasteiger partial charge in [0.25, 0.3) is 11.8 Å². The number of ether oxygens (including phenoxy) is 5. The number of rotatable bonds is 30. The monoisotopic (exact) mass is 1240 g/mol. The molecule has 1 aliphatic carbocycles. The van der Waals surface area contributed by atoms with Crippen LogP contribution in [0, 0.1) is 0 Å². The lowest BCUT2D eigenvalue weighted by atomic mass is 9.92. The zero-order valence-corrected chi connectivity index (χ0v) is 53.7. The summed E-state index contributed by atoms with van der Waals surface area (Å²) in [5, 5.41) is 14.7. The molecule has 4 atom stereocenters. The molecule has 0 radical (unpaired) electrons. The number of amides is 8. The van der Waals surface area contributed by atoms with Gasteiger partial charge in [-0.05, 0) is 127 Å². The van der Waals surface area contributed by atoms with E-state index in [0.717, 1.165) is 46.4 Å². The number of hydrogen-bond donors (Lipinski definition) is 5. The van der Waals surface area contributed by atoms with Gasteiger partial charge in [-0.2, -0.15) is 0 Å². The smallest absolute Gasteiger partial charge is 0.410 e. The highest BCUT2D eigenvalue weighted by Gasteiger charge is 2.37. The number of nitrogens with one attached hydrogen (secondary N) is 5. The average Bonchev–Trinajstić information content (AvgIpc) is 0.819. The second-order valence-corrected chi connectivity index (χ2v) is 24.8. The highest BCUT2D eigenvalue weighted by molar-refractivity contribution is 6.26. The summed E-state index contributed by atoms with van der Waals surface area (Å²) >= 11 is 0. The van der Waals surface area contributed by atoms with Crippen LogP contribution < -0.4 is 31.5 Å². The summed E-state index contributed by atoms with van der Waals surface area (Å²) < 4.78 is 27.4. The number of fused-ring (bicyclic) bond motifs is 3. The van der Waals surface area contributed by atoms with Crippen molar-refractivity contribution in [2.24, 2.45) is 0 Å². The highest BCUT2D eigenvalue weighted by atomic mass is 16.6. The molecule has 5 N–H and O–H groups in total. The van der Waals surface area contributed by atoms with Gasteiger partial charge >= 0.3 is 30.2 Å². The van der Waals surface area contributed by atoms with E-state index in [9.17, 15) is 47.9 Å². The zero-order chi connectivity index (χ0) is 66.0. The lowest BCUT2D eigenvalue weighted by Crippen LogP contribution is -2.56. The van der Waals surface area contributed by atoms with Crippen molar-refractivity contribution in [1.29, 1.82) is 0 Å². The molecule has 90 heavy (non-hydrogen) atoms. The van der Waals surface area contributed by atoms with Crippen LogP contribution in [-0.4, -0.2) is 166 Å². The van der Waals surface area contributed by atoms with E-state index in [1.54, 1.807) is 72.7 Å². The highest BCUT2D eigenvalue weighted by Crippen LogP contribution is 2.44. The molecule has 23 heteroatoms. The quantitative estimate of drug-likeness (QED) is 0.0142. The van der Waals surface area contributed by atoms with Gasteiger partial charge in [-0.1, -0.05) is 87.0 Å². The van der Waals surface area contributed by atoms with Crippen molar-refractivity contribution >= 4 is 76.2 Å². The number of carbonyl (C=O) groups excluding carboxylic acids is 10. The molecule has 0 spiro atoms. The second-order valence-electron chi connectivity index (χ2n) is 24.8. The van der Waals surface area contributed by atoms with Crippen molar-refractivity contribution in [1.82, 2.24) is 36.4 Å². The Bertz CT molecular complexity index is 3230. The molecule has 4 aromatic rings. The Kier molecular flexibility index (Phi) is 24.9. The van der Waals surface area contributed by atoms with Gasteiger partial charge in [0.2, 0.25) is 17.7 Å². The molecule has 0 unspecified atom stereocenters. The van der Waals surface area contributed by atoms with E-state index in [2.05, 4.69) is 33.2 Å². The standard InChI is InChI=1S/C67H88N8O15/c1-13-14-21-42(69-63(83)88-40-50-45-24-17-15-22-43(45)44-23-16-18-25-46(44)50)38-74(65(85)90-67(7,8)9)36-33-52(72-64(84)89-66(4,5)6)59(79)71-51(34-37-75-60(80)48-27-19-26-47-54(73(10)11)31-30-49(57(47)48)61(75)81)58(78)68-35-32-53(62(82)86-12)70-55(76)28-20-29-56(77)87-39-41(2)3/h15-19,22-27,30-31,42,50-53H,2,13-14,20-21,28-29,32-40H2,1,3-12H3,(H,68,78)(H,69,83)(H,70,76)(H,71,79)(H,72,84)/t42-,51+,52-,53+/m0/s1. The molecule has 0 saturated heterocycles. The number of esters is 2. The van der Waals surface area contributed by atoms with Gasteiger partial charge in [-0.25, -0.2) is 19.2 Å². The second kappa shape index (κ2) is 31.9. The van der Waals surface area contributed by atoms with Crippen molar-refractivity contribution < 1.29 is 71.6 Å². The third kappa shape index (κ3) is 19.7. The van der Waals surface area contributed by atoms with E-state index in [1.807, 2.05) is 80.5 Å². The van der Waals surface area contributed by atoms with E-state index in [0.29, 0.717) is 29.2 Å². The van der Waals surface area contributed by atoms with Crippen LogP contribution in [0.4, 0.5) is 20.1 Å². The Hall–Kier alpha value is -9.02. The lowest BCUT2D eigenvalue weighted by molar-refractivity contribution is -0.146. The third-order valence-electron chi connectivity index (χ3n) is 14.9. The molecule has 8 amide bonds. The topological polar surface area (TPSA) is 287 Å². The van der Waals surface area contributed by atoms with E-state index in [-0.39, 0.29) is 88.4 Å². The Labute approximate surface area is 526 Å². The molecule has 0 saturated carbocycles. The van der Waals surface area contributed by atoms with Gasteiger partial charge in [-0.15, -0.1) is 0 Å². The molecule has 6 rings (SSSR count). The zero-order valence-electron chi connectivity index (χ0n) is 53.7. The van der Waals surface area contributed by atoms with Crippen LogP contribution in [0.1, 0.15) is 151 Å². The molecule has 0 bridgehead atoms. The maximum Gasteiger partial charge on any atom is 0.410 e. The number of hydrogen-bond acceptors (Lipinski definition) is 16. The van der Waals surface area contributed by atoms with Crippen LogP contribution in [0.3, 0.4) is 0 Å². The van der Waals surface area contributed by atoms with E-state index in [4.69, 9.17) is 23.7 Å². The number of benzene rings is 4. The molecule has 1 heterocycles. The summed E-state index contributed by atoms with van der Waals surface area (Å²) in [6, 6.07) is 19.4. The summed E-state index contributed by atoms with van der Waals surface area (Å²) in [6.07, 6.45) is -1.70. The summed E-state index contributed by atoms with van der Waals surface area (Å²) in [7, 11) is 4.80. The summed E-state index contributed by atoms with van der Waals surface area (Å²) in [5.74, 6) is -5.22. The average molecular weight is 1250 g/mol. The van der Waals surface area contributed by atoms with Crippen molar-refractivity contribution in [3.05, 3.63) is 113 Å². The molecule has 2 aliphatic rings. The van der Waals surface area contributed by atoms with Crippen LogP contribution in [0.2, 0.25) is 0 Å². The molecule has 0 aromatic heterocycles. The SMILES string of the molecule is C=C(C)COC(=O)CCCC(=O)N[C@H](CCNC(=O)[C@@H](CCN1C(=O)c2cccc3c(N(C)C)ccc(c23)C1=O)NC(=O)[C@H](CCN(C[C@H](CCCC)NC(=O)OCC1c2ccccc2-c2ccccc21)C(=O)OC(C)(C)C)NC(=O)OC(C)(C)C)C(=O)OC. The fourth-order valence-corrected chi connectivity index (χ4v) is 10.6. The van der Waals surface area contributed by atoms with Gasteiger partial charge in [0.15, 0.2) is 0 Å². The van der Waals surface area contributed by atoms with Gasteiger partial charge in [0.1, 0.15) is 42.5 Å². The number of alkyl carbamates (subject to hydrolysis) is 2. The van der Waals surface area contributed by atoms with E-state index < -0.39 is 102 Å². The van der Waals surface area contributed by atoms with Crippen molar-refractivity contribution in [2.75, 3.05) is 65.5 Å². The van der Waals surface area contributed by atoms with Gasteiger partial charge in [-0.3, -0.25) is 33.7 Å². The maximum atomic E-state index is 14.9. The molecule has 23 nitrogen and oxygen atoms in total. The largest absolute Gasteiger partial charge is 0.467 e. The number of anilines is 1. The van der Waals surface area contributed by atoms with Crippen molar-refractivity contribution in [3.63, 3.8) is 0 Å². The lowest BCUT2D eigenvalue weighted by Gasteiger charge is -2.32. The summed E-state index contributed by atoms with van der Waals surface area (Å²) in [5.41, 5.74) is 4.06. The molecule has 0 fully saturated rings. The minimum absolute atomic E-state index is 0.0376. The predicted octanol–water partition coefficient (Wildman–Crippen LogP) is 8.45. The Balaban J connectivity index is 1.24. The van der Waals surface area contributed by atoms with E-state index >= 15 is 0 Å². The van der Waals surface area contributed by atoms with Crippen molar-refractivity contribution in [3.8, 4) is 11.1 Å². The minimum Gasteiger partial charge on any atom is -0.467 e. The van der Waals surface area contributed by atoms with E-state index in [1.165, 1.54) is 4.90 Å². The molecule has 1 aliphatic heterocycles. The number of carbonyl (C=O) groups is 10. The van der Waals surface area contributed by atoms with Gasteiger partial charge < -0.3 is 60.1 Å². The number of nitrogens with zero attached hydrogens (tertiary/aromatic N) is 3. The summed E-state index contributed by atoms with van der Waals surface area (Å²) in [6.45, 7) is 16.3. The number of unbranched alkanes of at least 4 members (excludes halogenated alkanes) is 1. The maximum absolute atomic E-state index is 14.9.